The maximum absolute atomic E-state index is 13.6. The fraction of sp³-hybridized carbons (Fsp3) is 0.632. The number of aryl methyl sites for hydroxylation is 1. The maximum atomic E-state index is 13.6. The van der Waals surface area contributed by atoms with Gasteiger partial charge in [-0.15, -0.1) is 0 Å². The van der Waals surface area contributed by atoms with Gasteiger partial charge in [0.05, 0.1) is 12.2 Å². The standard InChI is InChI=1S/C19H31FN4O/c1-14-6-7-17(10-18(14)20)11-23-19(21-4)22-8-5-9-24-12-15(2)25-16(3)13-24/h6-7,10,15-16H,5,8-9,11-13H2,1-4H3,(H2,21,22,23). The average Bonchev–Trinajstić information content (AvgIpc) is 2.56. The summed E-state index contributed by atoms with van der Waals surface area (Å²) in [6.45, 7) is 10.5. The molecule has 0 aromatic heterocycles. The Hall–Kier alpha value is -1.66. The van der Waals surface area contributed by atoms with Crippen LogP contribution in [-0.4, -0.2) is 56.3 Å². The first kappa shape index (κ1) is 19.7. The molecule has 0 aliphatic carbocycles. The molecule has 0 saturated carbocycles. The summed E-state index contributed by atoms with van der Waals surface area (Å²) < 4.78 is 19.3. The van der Waals surface area contributed by atoms with Gasteiger partial charge < -0.3 is 15.4 Å². The molecule has 5 nitrogen and oxygen atoms in total. The zero-order valence-electron chi connectivity index (χ0n) is 15.8. The van der Waals surface area contributed by atoms with E-state index in [9.17, 15) is 4.39 Å². The van der Waals surface area contributed by atoms with Crippen LogP contribution in [-0.2, 0) is 11.3 Å². The number of guanidine groups is 1. The molecule has 25 heavy (non-hydrogen) atoms. The van der Waals surface area contributed by atoms with Crippen LogP contribution in [0.3, 0.4) is 0 Å². The van der Waals surface area contributed by atoms with Crippen molar-refractivity contribution in [1.82, 2.24) is 15.5 Å². The summed E-state index contributed by atoms with van der Waals surface area (Å²) in [6, 6.07) is 5.29. The molecular formula is C19H31FN4O. The van der Waals surface area contributed by atoms with Gasteiger partial charge in [-0.2, -0.15) is 0 Å². The Morgan fingerprint density at radius 3 is 2.64 bits per heavy atom. The van der Waals surface area contributed by atoms with Crippen molar-refractivity contribution in [2.75, 3.05) is 33.2 Å². The topological polar surface area (TPSA) is 48.9 Å². The molecule has 1 aliphatic rings. The molecule has 0 radical (unpaired) electrons. The maximum Gasteiger partial charge on any atom is 0.191 e. The van der Waals surface area contributed by atoms with Crippen LogP contribution >= 0.6 is 0 Å². The molecule has 1 aliphatic heterocycles. The number of aliphatic imine (C=N–C) groups is 1. The third-order valence-corrected chi connectivity index (χ3v) is 4.36. The summed E-state index contributed by atoms with van der Waals surface area (Å²) in [5.74, 6) is 0.570. The Bertz CT molecular complexity index is 569. The molecule has 0 spiro atoms. The predicted octanol–water partition coefficient (Wildman–Crippen LogP) is 2.30. The lowest BCUT2D eigenvalue weighted by molar-refractivity contribution is -0.0679. The number of nitrogens with one attached hydrogen (secondary N) is 2. The lowest BCUT2D eigenvalue weighted by atomic mass is 10.1. The van der Waals surface area contributed by atoms with Gasteiger partial charge >= 0.3 is 0 Å². The molecule has 2 atom stereocenters. The van der Waals surface area contributed by atoms with E-state index in [1.54, 1.807) is 26.1 Å². The molecule has 1 fully saturated rings. The van der Waals surface area contributed by atoms with Gasteiger partial charge in [-0.05, 0) is 44.4 Å². The van der Waals surface area contributed by atoms with Crippen molar-refractivity contribution in [3.8, 4) is 0 Å². The van der Waals surface area contributed by atoms with Crippen LogP contribution in [0.1, 0.15) is 31.4 Å². The summed E-state index contributed by atoms with van der Waals surface area (Å²) in [6.07, 6.45) is 1.65. The number of hydrogen-bond acceptors (Lipinski definition) is 3. The largest absolute Gasteiger partial charge is 0.373 e. The van der Waals surface area contributed by atoms with Crippen molar-refractivity contribution in [2.45, 2.75) is 45.9 Å². The first-order valence-electron chi connectivity index (χ1n) is 9.05. The monoisotopic (exact) mass is 350 g/mol. The number of morpholine rings is 1. The summed E-state index contributed by atoms with van der Waals surface area (Å²) >= 11 is 0. The Morgan fingerprint density at radius 2 is 2.00 bits per heavy atom. The number of benzene rings is 1. The molecule has 0 bridgehead atoms. The van der Waals surface area contributed by atoms with Gasteiger partial charge in [-0.25, -0.2) is 4.39 Å². The number of rotatable bonds is 6. The van der Waals surface area contributed by atoms with Gasteiger partial charge in [0.25, 0.3) is 0 Å². The summed E-state index contributed by atoms with van der Waals surface area (Å²) in [4.78, 5) is 6.67. The van der Waals surface area contributed by atoms with E-state index >= 15 is 0 Å². The molecule has 2 N–H and O–H groups in total. The molecule has 1 aromatic rings. The molecule has 2 rings (SSSR count). The number of ether oxygens (including phenoxy) is 1. The smallest absolute Gasteiger partial charge is 0.191 e. The summed E-state index contributed by atoms with van der Waals surface area (Å²) in [5.41, 5.74) is 1.57. The van der Waals surface area contributed by atoms with Crippen molar-refractivity contribution < 1.29 is 9.13 Å². The molecule has 2 unspecified atom stereocenters. The molecule has 1 saturated heterocycles. The Morgan fingerprint density at radius 1 is 1.28 bits per heavy atom. The lowest BCUT2D eigenvalue weighted by Crippen LogP contribution is -2.46. The average molecular weight is 350 g/mol. The third kappa shape index (κ3) is 6.63. The van der Waals surface area contributed by atoms with Gasteiger partial charge in [0.2, 0.25) is 0 Å². The van der Waals surface area contributed by atoms with Gasteiger partial charge in [-0.3, -0.25) is 9.89 Å². The molecule has 1 aromatic carbocycles. The van der Waals surface area contributed by atoms with Crippen molar-refractivity contribution in [3.63, 3.8) is 0 Å². The zero-order chi connectivity index (χ0) is 18.2. The summed E-state index contributed by atoms with van der Waals surface area (Å²) in [7, 11) is 1.75. The fourth-order valence-corrected chi connectivity index (χ4v) is 3.13. The van der Waals surface area contributed by atoms with Crippen molar-refractivity contribution in [2.24, 2.45) is 4.99 Å². The van der Waals surface area contributed by atoms with Crippen LogP contribution in [0.15, 0.2) is 23.2 Å². The van der Waals surface area contributed by atoms with E-state index in [1.165, 1.54) is 0 Å². The van der Waals surface area contributed by atoms with E-state index in [-0.39, 0.29) is 5.82 Å². The van der Waals surface area contributed by atoms with E-state index in [0.717, 1.165) is 44.1 Å². The van der Waals surface area contributed by atoms with Crippen molar-refractivity contribution in [1.29, 1.82) is 0 Å². The van der Waals surface area contributed by atoms with E-state index in [1.807, 2.05) is 6.07 Å². The minimum absolute atomic E-state index is 0.170. The van der Waals surface area contributed by atoms with E-state index in [2.05, 4.69) is 34.4 Å². The molecular weight excluding hydrogens is 319 g/mol. The highest BCUT2D eigenvalue weighted by Crippen LogP contribution is 2.10. The highest BCUT2D eigenvalue weighted by molar-refractivity contribution is 5.79. The van der Waals surface area contributed by atoms with Gasteiger partial charge in [-0.1, -0.05) is 12.1 Å². The first-order valence-corrected chi connectivity index (χ1v) is 9.05. The Labute approximate surface area is 150 Å². The van der Waals surface area contributed by atoms with Crippen LogP contribution in [0.4, 0.5) is 4.39 Å². The molecule has 1 heterocycles. The van der Waals surface area contributed by atoms with Crippen LogP contribution < -0.4 is 10.6 Å². The second-order valence-corrected chi connectivity index (χ2v) is 6.81. The molecule has 0 amide bonds. The molecule has 6 heteroatoms. The summed E-state index contributed by atoms with van der Waals surface area (Å²) in [5, 5.41) is 6.54. The SMILES string of the molecule is CN=C(NCCCN1CC(C)OC(C)C1)NCc1ccc(C)c(F)c1. The van der Waals surface area contributed by atoms with Crippen LogP contribution in [0.2, 0.25) is 0 Å². The third-order valence-electron chi connectivity index (χ3n) is 4.36. The van der Waals surface area contributed by atoms with Crippen LogP contribution in [0.25, 0.3) is 0 Å². The Balaban J connectivity index is 1.67. The van der Waals surface area contributed by atoms with Gasteiger partial charge in [0.15, 0.2) is 5.96 Å². The van der Waals surface area contributed by atoms with E-state index in [0.29, 0.717) is 24.3 Å². The lowest BCUT2D eigenvalue weighted by Gasteiger charge is -2.35. The minimum atomic E-state index is -0.170. The van der Waals surface area contributed by atoms with Gasteiger partial charge in [0.1, 0.15) is 5.82 Å². The highest BCUT2D eigenvalue weighted by Gasteiger charge is 2.21. The second kappa shape index (κ2) is 9.73. The van der Waals surface area contributed by atoms with Crippen LogP contribution in [0, 0.1) is 12.7 Å². The van der Waals surface area contributed by atoms with Crippen molar-refractivity contribution in [3.05, 3.63) is 35.1 Å². The van der Waals surface area contributed by atoms with Crippen LogP contribution in [0.5, 0.6) is 0 Å². The predicted molar refractivity (Wildman–Crippen MR) is 100 cm³/mol. The number of hydrogen-bond donors (Lipinski definition) is 2. The van der Waals surface area contributed by atoms with E-state index in [4.69, 9.17) is 4.74 Å². The normalized spacial score (nSPS) is 22.0. The number of nitrogens with zero attached hydrogens (tertiary/aromatic N) is 2. The van der Waals surface area contributed by atoms with Gasteiger partial charge in [0, 0.05) is 39.8 Å². The van der Waals surface area contributed by atoms with E-state index < -0.39 is 0 Å². The quantitative estimate of drug-likeness (QED) is 0.470. The minimum Gasteiger partial charge on any atom is -0.373 e. The Kier molecular flexibility index (Phi) is 7.65. The fourth-order valence-electron chi connectivity index (χ4n) is 3.13. The second-order valence-electron chi connectivity index (χ2n) is 6.81. The van der Waals surface area contributed by atoms with Crippen molar-refractivity contribution >= 4 is 5.96 Å². The zero-order valence-corrected chi connectivity index (χ0v) is 15.8. The highest BCUT2D eigenvalue weighted by atomic mass is 19.1. The number of halogens is 1. The molecule has 140 valence electrons. The first-order chi connectivity index (χ1) is 12.0.